The zero-order chi connectivity index (χ0) is 12.7. The Hall–Kier alpha value is -1.75. The molecule has 0 unspecified atom stereocenters. The van der Waals surface area contributed by atoms with Gasteiger partial charge >= 0.3 is 0 Å². The van der Waals surface area contributed by atoms with Gasteiger partial charge in [-0.3, -0.25) is 0 Å². The molecular formula is C12H19N3O2. The van der Waals surface area contributed by atoms with Crippen LogP contribution >= 0.6 is 0 Å². The molecule has 4 N–H and O–H groups in total. The van der Waals surface area contributed by atoms with Gasteiger partial charge in [0.1, 0.15) is 18.2 Å². The molecule has 0 radical (unpaired) electrons. The highest BCUT2D eigenvalue weighted by Crippen LogP contribution is 2.20. The van der Waals surface area contributed by atoms with Gasteiger partial charge in [-0.2, -0.15) is 0 Å². The van der Waals surface area contributed by atoms with Gasteiger partial charge in [-0.05, 0) is 31.5 Å². The van der Waals surface area contributed by atoms with Crippen molar-refractivity contribution in [1.29, 1.82) is 0 Å². The molecule has 0 aliphatic heterocycles. The van der Waals surface area contributed by atoms with Crippen molar-refractivity contribution in [2.45, 2.75) is 27.0 Å². The van der Waals surface area contributed by atoms with Gasteiger partial charge in [-0.1, -0.05) is 11.2 Å². The molecule has 0 amide bonds. The van der Waals surface area contributed by atoms with E-state index in [1.165, 1.54) is 0 Å². The van der Waals surface area contributed by atoms with Gasteiger partial charge in [0.25, 0.3) is 0 Å². The molecule has 0 atom stereocenters. The molecule has 5 nitrogen and oxygen atoms in total. The molecule has 0 aromatic heterocycles. The van der Waals surface area contributed by atoms with E-state index in [1.807, 2.05) is 25.1 Å². The van der Waals surface area contributed by atoms with Crippen LogP contribution in [0, 0.1) is 0 Å². The van der Waals surface area contributed by atoms with Gasteiger partial charge < -0.3 is 21.0 Å². The van der Waals surface area contributed by atoms with Crippen LogP contribution in [0.1, 0.15) is 25.0 Å². The van der Waals surface area contributed by atoms with E-state index in [2.05, 4.69) is 5.16 Å². The van der Waals surface area contributed by atoms with Gasteiger partial charge in [0.2, 0.25) is 0 Å². The maximum absolute atomic E-state index is 5.66. The molecule has 0 spiro atoms. The Kier molecular flexibility index (Phi) is 5.29. The third kappa shape index (κ3) is 4.32. The molecule has 1 aromatic carbocycles. The summed E-state index contributed by atoms with van der Waals surface area (Å²) >= 11 is 0. The van der Waals surface area contributed by atoms with Crippen LogP contribution in [0.3, 0.4) is 0 Å². The van der Waals surface area contributed by atoms with Crippen LogP contribution in [0.15, 0.2) is 23.4 Å². The van der Waals surface area contributed by atoms with E-state index >= 15 is 0 Å². The maximum atomic E-state index is 5.66. The van der Waals surface area contributed by atoms with Crippen LogP contribution in [0.5, 0.6) is 5.75 Å². The van der Waals surface area contributed by atoms with E-state index in [-0.39, 0.29) is 0 Å². The Balaban J connectivity index is 2.72. The summed E-state index contributed by atoms with van der Waals surface area (Å²) in [5.74, 6) is 1.22. The van der Waals surface area contributed by atoms with Crippen molar-refractivity contribution in [2.24, 2.45) is 16.6 Å². The third-order valence-electron chi connectivity index (χ3n) is 2.08. The molecule has 1 aromatic rings. The number of rotatable bonds is 6. The average Bonchev–Trinajstić information content (AvgIpc) is 2.30. The van der Waals surface area contributed by atoms with E-state index in [4.69, 9.17) is 21.0 Å². The first-order valence-corrected chi connectivity index (χ1v) is 5.54. The van der Waals surface area contributed by atoms with E-state index in [0.29, 0.717) is 25.6 Å². The Labute approximate surface area is 101 Å². The number of hydrogen-bond acceptors (Lipinski definition) is 4. The minimum atomic E-state index is 0.369. The summed E-state index contributed by atoms with van der Waals surface area (Å²) in [5, 5.41) is 3.67. The fourth-order valence-electron chi connectivity index (χ4n) is 1.39. The van der Waals surface area contributed by atoms with Crippen molar-refractivity contribution in [1.82, 2.24) is 0 Å². The molecule has 0 aliphatic rings. The SMILES string of the molecule is CCOc1ccc(CO/N=C(/C)N)cc1CN. The topological polar surface area (TPSA) is 82.9 Å². The third-order valence-corrected chi connectivity index (χ3v) is 2.08. The van der Waals surface area contributed by atoms with Gasteiger partial charge in [0.05, 0.1) is 6.61 Å². The van der Waals surface area contributed by atoms with Crippen LogP contribution < -0.4 is 16.2 Å². The standard InChI is InChI=1S/C12H19N3O2/c1-3-16-12-5-4-10(6-11(12)7-13)8-17-15-9(2)14/h4-6H,3,7-8,13H2,1-2H3,(H2,14,15). The first-order valence-electron chi connectivity index (χ1n) is 5.54. The first-order chi connectivity index (χ1) is 8.17. The van der Waals surface area contributed by atoms with Crippen LogP contribution in [0.25, 0.3) is 0 Å². The Morgan fingerprint density at radius 3 is 2.76 bits per heavy atom. The smallest absolute Gasteiger partial charge is 0.142 e. The number of nitrogens with two attached hydrogens (primary N) is 2. The van der Waals surface area contributed by atoms with Gasteiger partial charge in [0, 0.05) is 12.1 Å². The number of benzene rings is 1. The highest BCUT2D eigenvalue weighted by atomic mass is 16.6. The second kappa shape index (κ2) is 6.75. The Morgan fingerprint density at radius 2 is 2.18 bits per heavy atom. The van der Waals surface area contributed by atoms with Crippen molar-refractivity contribution < 1.29 is 9.57 Å². The summed E-state index contributed by atoms with van der Waals surface area (Å²) < 4.78 is 5.46. The molecular weight excluding hydrogens is 218 g/mol. The summed E-state index contributed by atoms with van der Waals surface area (Å²) in [6.45, 7) is 5.04. The molecule has 0 saturated carbocycles. The molecule has 0 fully saturated rings. The van der Waals surface area contributed by atoms with Gasteiger partial charge in [-0.25, -0.2) is 0 Å². The fraction of sp³-hybridized carbons (Fsp3) is 0.417. The second-order valence-corrected chi connectivity index (χ2v) is 3.59. The largest absolute Gasteiger partial charge is 0.494 e. The van der Waals surface area contributed by atoms with E-state index in [0.717, 1.165) is 16.9 Å². The summed E-state index contributed by atoms with van der Waals surface area (Å²) in [5.41, 5.74) is 13.0. The Morgan fingerprint density at radius 1 is 1.41 bits per heavy atom. The van der Waals surface area contributed by atoms with Crippen LogP contribution in [-0.2, 0) is 18.0 Å². The van der Waals surface area contributed by atoms with Crippen molar-refractivity contribution in [2.75, 3.05) is 6.61 Å². The van der Waals surface area contributed by atoms with Crippen LogP contribution in [0.2, 0.25) is 0 Å². The summed E-state index contributed by atoms with van der Waals surface area (Å²) in [6.07, 6.45) is 0. The highest BCUT2D eigenvalue weighted by Gasteiger charge is 2.03. The lowest BCUT2D eigenvalue weighted by Crippen LogP contribution is -2.06. The molecule has 17 heavy (non-hydrogen) atoms. The maximum Gasteiger partial charge on any atom is 0.142 e. The molecule has 0 saturated heterocycles. The summed E-state index contributed by atoms with van der Waals surface area (Å²) in [7, 11) is 0. The number of nitrogens with zero attached hydrogens (tertiary/aromatic N) is 1. The monoisotopic (exact) mass is 237 g/mol. The predicted molar refractivity (Wildman–Crippen MR) is 67.6 cm³/mol. The first kappa shape index (κ1) is 13.3. The molecule has 0 aliphatic carbocycles. The minimum Gasteiger partial charge on any atom is -0.494 e. The highest BCUT2D eigenvalue weighted by molar-refractivity contribution is 5.76. The van der Waals surface area contributed by atoms with Gasteiger partial charge in [-0.15, -0.1) is 0 Å². The van der Waals surface area contributed by atoms with Gasteiger partial charge in [0.15, 0.2) is 0 Å². The average molecular weight is 237 g/mol. The summed E-state index contributed by atoms with van der Waals surface area (Å²) in [4.78, 5) is 5.06. The second-order valence-electron chi connectivity index (χ2n) is 3.59. The van der Waals surface area contributed by atoms with Crippen molar-refractivity contribution in [3.63, 3.8) is 0 Å². The quantitative estimate of drug-likeness (QED) is 0.444. The van der Waals surface area contributed by atoms with E-state index < -0.39 is 0 Å². The predicted octanol–water partition coefficient (Wildman–Crippen LogP) is 1.35. The number of oxime groups is 1. The number of ether oxygens (including phenoxy) is 1. The normalized spacial score (nSPS) is 11.4. The van der Waals surface area contributed by atoms with E-state index in [1.54, 1.807) is 6.92 Å². The molecule has 0 bridgehead atoms. The van der Waals surface area contributed by atoms with Crippen molar-refractivity contribution in [3.05, 3.63) is 29.3 Å². The molecule has 94 valence electrons. The zero-order valence-electron chi connectivity index (χ0n) is 10.3. The zero-order valence-corrected chi connectivity index (χ0v) is 10.3. The fourth-order valence-corrected chi connectivity index (χ4v) is 1.39. The lowest BCUT2D eigenvalue weighted by atomic mass is 10.1. The number of hydrogen-bond donors (Lipinski definition) is 2. The molecule has 5 heteroatoms. The molecule has 1 rings (SSSR count). The van der Waals surface area contributed by atoms with Crippen molar-refractivity contribution in [3.8, 4) is 5.75 Å². The lowest BCUT2D eigenvalue weighted by molar-refractivity contribution is 0.130. The summed E-state index contributed by atoms with van der Waals surface area (Å²) in [6, 6.07) is 5.77. The molecule has 0 heterocycles. The Bertz CT molecular complexity index is 387. The van der Waals surface area contributed by atoms with E-state index in [9.17, 15) is 0 Å². The van der Waals surface area contributed by atoms with Crippen LogP contribution in [0.4, 0.5) is 0 Å². The van der Waals surface area contributed by atoms with Crippen molar-refractivity contribution >= 4 is 5.84 Å². The lowest BCUT2D eigenvalue weighted by Gasteiger charge is -2.10. The minimum absolute atomic E-state index is 0.369. The van der Waals surface area contributed by atoms with Crippen LogP contribution in [-0.4, -0.2) is 12.4 Å². The number of amidine groups is 1.